The number of alkyl halides is 3. The van der Waals surface area contributed by atoms with Gasteiger partial charge in [-0.15, -0.1) is 0 Å². The van der Waals surface area contributed by atoms with Crippen LogP contribution in [0.4, 0.5) is 19.0 Å². The number of aromatic nitrogens is 1. The molecule has 0 bridgehead atoms. The molecular formula is C11H17F3N2O2. The van der Waals surface area contributed by atoms with Crippen molar-refractivity contribution in [2.24, 2.45) is 0 Å². The van der Waals surface area contributed by atoms with Crippen molar-refractivity contribution in [2.45, 2.75) is 45.5 Å². The van der Waals surface area contributed by atoms with Gasteiger partial charge in [-0.3, -0.25) is 0 Å². The third-order valence-electron chi connectivity index (χ3n) is 2.16. The highest BCUT2D eigenvalue weighted by Crippen LogP contribution is 2.27. The monoisotopic (exact) mass is 266 g/mol. The summed E-state index contributed by atoms with van der Waals surface area (Å²) in [5.41, 5.74) is -0.313. The van der Waals surface area contributed by atoms with Crippen LogP contribution in [-0.2, 0) is 10.2 Å². The summed E-state index contributed by atoms with van der Waals surface area (Å²) in [5.74, 6) is 0.512. The average Bonchev–Trinajstić information content (AvgIpc) is 2.63. The molecule has 0 aliphatic rings. The minimum Gasteiger partial charge on any atom is -0.359 e. The van der Waals surface area contributed by atoms with Crippen molar-refractivity contribution >= 4 is 5.82 Å². The van der Waals surface area contributed by atoms with Crippen LogP contribution in [0.25, 0.3) is 0 Å². The first-order valence-electron chi connectivity index (χ1n) is 5.56. The van der Waals surface area contributed by atoms with Crippen molar-refractivity contribution in [3.63, 3.8) is 0 Å². The van der Waals surface area contributed by atoms with Crippen LogP contribution in [0.2, 0.25) is 0 Å². The van der Waals surface area contributed by atoms with Gasteiger partial charge in [0.05, 0.1) is 0 Å². The van der Waals surface area contributed by atoms with E-state index in [0.29, 0.717) is 5.76 Å². The topological polar surface area (TPSA) is 47.3 Å². The predicted molar refractivity (Wildman–Crippen MR) is 60.3 cm³/mol. The van der Waals surface area contributed by atoms with Gasteiger partial charge in [-0.25, -0.2) is 0 Å². The second-order valence-electron chi connectivity index (χ2n) is 4.85. The minimum atomic E-state index is -4.50. The van der Waals surface area contributed by atoms with Crippen LogP contribution in [0, 0.1) is 0 Å². The van der Waals surface area contributed by atoms with Crippen LogP contribution < -0.4 is 5.32 Å². The van der Waals surface area contributed by atoms with Crippen molar-refractivity contribution < 1.29 is 22.4 Å². The lowest BCUT2D eigenvalue weighted by molar-refractivity contribution is -0.209. The van der Waals surface area contributed by atoms with Crippen LogP contribution in [0.3, 0.4) is 0 Å². The molecule has 1 N–H and O–H groups in total. The molecule has 4 nitrogen and oxygen atoms in total. The fraction of sp³-hybridized carbons (Fsp3) is 0.727. The Balaban J connectivity index is 2.79. The van der Waals surface area contributed by atoms with Crippen molar-refractivity contribution in [2.75, 3.05) is 11.9 Å². The molecule has 0 fully saturated rings. The standard InChI is InChI=1S/C11H17F3N2O2/c1-5-17-9(11(12,13)14)15-8-6-7(18-16-8)10(2,3)4/h6,9H,5H2,1-4H3,(H,15,16). The molecule has 0 aromatic carbocycles. The van der Waals surface area contributed by atoms with Crippen LogP contribution in [0.15, 0.2) is 10.6 Å². The Kier molecular flexibility index (Phi) is 4.26. The summed E-state index contributed by atoms with van der Waals surface area (Å²) in [6, 6.07) is 1.44. The summed E-state index contributed by atoms with van der Waals surface area (Å²) in [5, 5.41) is 5.71. The Hall–Kier alpha value is -1.24. The zero-order valence-electron chi connectivity index (χ0n) is 10.8. The molecule has 1 aromatic rings. The van der Waals surface area contributed by atoms with Crippen molar-refractivity contribution in [1.82, 2.24) is 5.16 Å². The second kappa shape index (κ2) is 5.17. The van der Waals surface area contributed by atoms with Crippen molar-refractivity contribution in [3.05, 3.63) is 11.8 Å². The first-order chi connectivity index (χ1) is 8.14. The van der Waals surface area contributed by atoms with Gasteiger partial charge in [0, 0.05) is 18.1 Å². The molecule has 0 saturated carbocycles. The molecule has 18 heavy (non-hydrogen) atoms. The number of anilines is 1. The van der Waals surface area contributed by atoms with E-state index in [4.69, 9.17) is 4.52 Å². The van der Waals surface area contributed by atoms with Crippen molar-refractivity contribution in [1.29, 1.82) is 0 Å². The fourth-order valence-corrected chi connectivity index (χ4v) is 1.22. The van der Waals surface area contributed by atoms with Crippen molar-refractivity contribution in [3.8, 4) is 0 Å². The molecule has 0 amide bonds. The zero-order valence-corrected chi connectivity index (χ0v) is 10.8. The summed E-state index contributed by atoms with van der Waals surface area (Å²) >= 11 is 0. The van der Waals surface area contributed by atoms with Gasteiger partial charge in [0.25, 0.3) is 0 Å². The molecular weight excluding hydrogens is 249 g/mol. The van der Waals surface area contributed by atoms with Gasteiger partial charge >= 0.3 is 6.18 Å². The SMILES string of the molecule is CCOC(Nc1cc(C(C)(C)C)on1)C(F)(F)F. The smallest absolute Gasteiger partial charge is 0.359 e. The molecule has 1 atom stereocenters. The van der Waals surface area contributed by atoms with Crippen LogP contribution in [0.5, 0.6) is 0 Å². The van der Waals surface area contributed by atoms with Gasteiger partial charge in [0.15, 0.2) is 5.82 Å². The van der Waals surface area contributed by atoms with E-state index in [9.17, 15) is 13.2 Å². The van der Waals surface area contributed by atoms with E-state index in [0.717, 1.165) is 0 Å². The summed E-state index contributed by atoms with van der Waals surface area (Å²) in [7, 11) is 0. The van der Waals surface area contributed by atoms with E-state index in [1.807, 2.05) is 20.8 Å². The maximum Gasteiger partial charge on any atom is 0.433 e. The number of hydrogen-bond acceptors (Lipinski definition) is 4. The molecule has 1 aromatic heterocycles. The highest BCUT2D eigenvalue weighted by Gasteiger charge is 2.41. The molecule has 1 rings (SSSR count). The maximum atomic E-state index is 12.6. The molecule has 0 radical (unpaired) electrons. The number of halogens is 3. The van der Waals surface area contributed by atoms with E-state index in [1.165, 1.54) is 13.0 Å². The summed E-state index contributed by atoms with van der Waals surface area (Å²) in [4.78, 5) is 0. The normalized spacial score (nSPS) is 14.6. The third-order valence-corrected chi connectivity index (χ3v) is 2.16. The summed E-state index contributed by atoms with van der Waals surface area (Å²) in [6.45, 7) is 7.06. The molecule has 104 valence electrons. The highest BCUT2D eigenvalue weighted by atomic mass is 19.4. The largest absolute Gasteiger partial charge is 0.433 e. The van der Waals surface area contributed by atoms with E-state index in [-0.39, 0.29) is 17.8 Å². The average molecular weight is 266 g/mol. The Labute approximate surface area is 103 Å². The Morgan fingerprint density at radius 2 is 2.00 bits per heavy atom. The van der Waals surface area contributed by atoms with Gasteiger partial charge in [-0.2, -0.15) is 13.2 Å². The molecule has 1 heterocycles. The number of nitrogens with one attached hydrogen (secondary N) is 1. The van der Waals surface area contributed by atoms with E-state index in [2.05, 4.69) is 15.2 Å². The predicted octanol–water partition coefficient (Wildman–Crippen LogP) is 3.31. The molecule has 7 heteroatoms. The summed E-state index contributed by atoms with van der Waals surface area (Å²) in [6.07, 6.45) is -6.59. The van der Waals surface area contributed by atoms with Gasteiger partial charge in [0.1, 0.15) is 5.76 Å². The van der Waals surface area contributed by atoms with Crippen LogP contribution >= 0.6 is 0 Å². The first-order valence-corrected chi connectivity index (χ1v) is 5.56. The number of rotatable bonds is 4. The van der Waals surface area contributed by atoms with Crippen LogP contribution in [-0.4, -0.2) is 24.2 Å². The number of hydrogen-bond donors (Lipinski definition) is 1. The molecule has 0 aliphatic carbocycles. The van der Waals surface area contributed by atoms with E-state index >= 15 is 0 Å². The number of ether oxygens (including phenoxy) is 1. The molecule has 1 unspecified atom stereocenters. The third kappa shape index (κ3) is 3.90. The molecule has 0 saturated heterocycles. The van der Waals surface area contributed by atoms with Gasteiger partial charge in [-0.05, 0) is 6.92 Å². The zero-order chi connectivity index (χ0) is 14.0. The minimum absolute atomic E-state index is 0.00991. The Morgan fingerprint density at radius 3 is 2.39 bits per heavy atom. The molecule has 0 spiro atoms. The number of nitrogens with zero attached hydrogens (tertiary/aromatic N) is 1. The lowest BCUT2D eigenvalue weighted by Gasteiger charge is -2.20. The Bertz CT molecular complexity index is 382. The lowest BCUT2D eigenvalue weighted by Crippen LogP contribution is -2.38. The molecule has 0 aliphatic heterocycles. The fourth-order valence-electron chi connectivity index (χ4n) is 1.22. The van der Waals surface area contributed by atoms with Crippen LogP contribution in [0.1, 0.15) is 33.5 Å². The lowest BCUT2D eigenvalue weighted by atomic mass is 9.93. The second-order valence-corrected chi connectivity index (χ2v) is 4.85. The maximum absolute atomic E-state index is 12.6. The highest BCUT2D eigenvalue weighted by molar-refractivity contribution is 5.36. The van der Waals surface area contributed by atoms with E-state index in [1.54, 1.807) is 0 Å². The Morgan fingerprint density at radius 1 is 1.39 bits per heavy atom. The van der Waals surface area contributed by atoms with Gasteiger partial charge < -0.3 is 14.6 Å². The quantitative estimate of drug-likeness (QED) is 0.849. The van der Waals surface area contributed by atoms with E-state index < -0.39 is 12.4 Å². The first kappa shape index (κ1) is 14.8. The summed E-state index contributed by atoms with van der Waals surface area (Å²) < 4.78 is 47.3. The van der Waals surface area contributed by atoms with Gasteiger partial charge in [-0.1, -0.05) is 25.9 Å². The van der Waals surface area contributed by atoms with Gasteiger partial charge in [0.2, 0.25) is 6.23 Å².